The number of carbonyl (C=O) groups is 1. The Hall–Kier alpha value is -0.650. The number of ether oxygens (including phenoxy) is 1. The van der Waals surface area contributed by atoms with Crippen LogP contribution in [0.4, 0.5) is 0 Å². The van der Waals surface area contributed by atoms with E-state index in [9.17, 15) is 9.90 Å². The second-order valence-electron chi connectivity index (χ2n) is 5.48. The molecule has 0 spiro atoms. The zero-order valence-electron chi connectivity index (χ0n) is 11.7. The van der Waals surface area contributed by atoms with Gasteiger partial charge in [0.15, 0.2) is 0 Å². The van der Waals surface area contributed by atoms with Gasteiger partial charge in [-0.25, -0.2) is 0 Å². The second-order valence-corrected chi connectivity index (χ2v) is 5.48. The topological polar surface area (TPSA) is 70.6 Å². The predicted octanol–water partition coefficient (Wildman–Crippen LogP) is 0.280. The first kappa shape index (κ1) is 15.4. The number of aliphatic hydroxyl groups excluding tert-OH is 1. The summed E-state index contributed by atoms with van der Waals surface area (Å²) >= 11 is 0. The summed E-state index contributed by atoms with van der Waals surface area (Å²) in [6.07, 6.45) is 1.70. The molecule has 0 unspecified atom stereocenters. The normalized spacial score (nSPS) is 18.2. The van der Waals surface area contributed by atoms with Gasteiger partial charge in [0.25, 0.3) is 0 Å². The van der Waals surface area contributed by atoms with Crippen molar-refractivity contribution in [3.63, 3.8) is 0 Å². The second kappa shape index (κ2) is 6.50. The molecule has 5 heteroatoms. The fourth-order valence-electron chi connectivity index (χ4n) is 1.94. The molecular formula is C13H26N2O3. The van der Waals surface area contributed by atoms with Crippen LogP contribution in [0.3, 0.4) is 0 Å². The zero-order valence-corrected chi connectivity index (χ0v) is 11.7. The monoisotopic (exact) mass is 258 g/mol. The fraction of sp³-hybridized carbons (Fsp3) is 0.923. The third-order valence-electron chi connectivity index (χ3n) is 4.05. The van der Waals surface area contributed by atoms with Crippen molar-refractivity contribution in [1.29, 1.82) is 0 Å². The minimum Gasteiger partial charge on any atom is -0.396 e. The summed E-state index contributed by atoms with van der Waals surface area (Å²) in [5, 5.41) is 15.4. The number of nitrogens with one attached hydrogen (secondary N) is 2. The van der Waals surface area contributed by atoms with E-state index in [1.54, 1.807) is 0 Å². The minimum absolute atomic E-state index is 0.0904. The van der Waals surface area contributed by atoms with E-state index in [0.717, 1.165) is 25.9 Å². The Labute approximate surface area is 109 Å². The SMILES string of the molecule is CCC(CC)(CO)CNC(=O)COC1(C)CNC1. The van der Waals surface area contributed by atoms with Gasteiger partial charge in [0.05, 0.1) is 12.2 Å². The summed E-state index contributed by atoms with van der Waals surface area (Å²) in [4.78, 5) is 11.7. The number of hydrogen-bond donors (Lipinski definition) is 3. The van der Waals surface area contributed by atoms with Gasteiger partial charge in [0, 0.05) is 25.0 Å². The maximum atomic E-state index is 11.7. The summed E-state index contributed by atoms with van der Waals surface area (Å²) in [7, 11) is 0. The summed E-state index contributed by atoms with van der Waals surface area (Å²) < 4.78 is 5.56. The Morgan fingerprint density at radius 2 is 2.06 bits per heavy atom. The molecule has 1 fully saturated rings. The molecule has 0 aromatic carbocycles. The smallest absolute Gasteiger partial charge is 0.246 e. The first-order valence-corrected chi connectivity index (χ1v) is 6.71. The van der Waals surface area contributed by atoms with Crippen LogP contribution in [0.25, 0.3) is 0 Å². The van der Waals surface area contributed by atoms with Gasteiger partial charge in [0.2, 0.25) is 5.91 Å². The molecule has 1 aliphatic heterocycles. The lowest BCUT2D eigenvalue weighted by molar-refractivity contribution is -0.136. The molecule has 3 N–H and O–H groups in total. The Morgan fingerprint density at radius 3 is 2.44 bits per heavy atom. The van der Waals surface area contributed by atoms with Crippen molar-refractivity contribution in [3.05, 3.63) is 0 Å². The van der Waals surface area contributed by atoms with E-state index in [-0.39, 0.29) is 30.1 Å². The van der Waals surface area contributed by atoms with E-state index in [0.29, 0.717) is 6.54 Å². The molecule has 1 amide bonds. The van der Waals surface area contributed by atoms with Gasteiger partial charge in [-0.3, -0.25) is 4.79 Å². The maximum Gasteiger partial charge on any atom is 0.246 e. The standard InChI is InChI=1S/C13H26N2O3/c1-4-13(5-2,10-16)9-15-11(17)6-18-12(3)7-14-8-12/h14,16H,4-10H2,1-3H3,(H,15,17). The van der Waals surface area contributed by atoms with E-state index in [1.807, 2.05) is 20.8 Å². The summed E-state index contributed by atoms with van der Waals surface area (Å²) in [5.41, 5.74) is -0.390. The number of hydrogen-bond acceptors (Lipinski definition) is 4. The molecule has 1 heterocycles. The highest BCUT2D eigenvalue weighted by Crippen LogP contribution is 2.24. The molecule has 0 bridgehead atoms. The molecule has 0 aromatic heterocycles. The van der Waals surface area contributed by atoms with Gasteiger partial charge in [0.1, 0.15) is 6.61 Å². The van der Waals surface area contributed by atoms with E-state index < -0.39 is 0 Å². The largest absolute Gasteiger partial charge is 0.396 e. The van der Waals surface area contributed by atoms with Crippen LogP contribution in [0.15, 0.2) is 0 Å². The van der Waals surface area contributed by atoms with Gasteiger partial charge < -0.3 is 20.5 Å². The van der Waals surface area contributed by atoms with Crippen LogP contribution < -0.4 is 10.6 Å². The van der Waals surface area contributed by atoms with Crippen LogP contribution in [0.1, 0.15) is 33.6 Å². The summed E-state index contributed by atoms with van der Waals surface area (Å²) in [6.45, 7) is 8.35. The van der Waals surface area contributed by atoms with Crippen LogP contribution in [-0.2, 0) is 9.53 Å². The molecule has 1 saturated heterocycles. The van der Waals surface area contributed by atoms with Crippen molar-refractivity contribution in [3.8, 4) is 0 Å². The Balaban J connectivity index is 2.27. The third kappa shape index (κ3) is 3.93. The molecule has 1 aliphatic rings. The van der Waals surface area contributed by atoms with Crippen molar-refractivity contribution in [2.24, 2.45) is 5.41 Å². The lowest BCUT2D eigenvalue weighted by Gasteiger charge is -2.38. The van der Waals surface area contributed by atoms with Crippen LogP contribution in [0, 0.1) is 5.41 Å². The van der Waals surface area contributed by atoms with Crippen molar-refractivity contribution in [2.45, 2.75) is 39.2 Å². The molecule has 5 nitrogen and oxygen atoms in total. The van der Waals surface area contributed by atoms with Crippen molar-refractivity contribution >= 4 is 5.91 Å². The molecule has 0 saturated carbocycles. The van der Waals surface area contributed by atoms with Gasteiger partial charge in [-0.05, 0) is 19.8 Å². The lowest BCUT2D eigenvalue weighted by atomic mass is 9.83. The van der Waals surface area contributed by atoms with Crippen LogP contribution >= 0.6 is 0 Å². The highest BCUT2D eigenvalue weighted by Gasteiger charge is 2.33. The maximum absolute atomic E-state index is 11.7. The van der Waals surface area contributed by atoms with Crippen LogP contribution in [0.2, 0.25) is 0 Å². The highest BCUT2D eigenvalue weighted by atomic mass is 16.5. The van der Waals surface area contributed by atoms with E-state index in [1.165, 1.54) is 0 Å². The van der Waals surface area contributed by atoms with E-state index in [2.05, 4.69) is 10.6 Å². The quantitative estimate of drug-likeness (QED) is 0.585. The van der Waals surface area contributed by atoms with Crippen molar-refractivity contribution in [2.75, 3.05) is 32.8 Å². The Morgan fingerprint density at radius 1 is 1.44 bits per heavy atom. The molecule has 18 heavy (non-hydrogen) atoms. The minimum atomic E-state index is -0.197. The summed E-state index contributed by atoms with van der Waals surface area (Å²) in [6, 6.07) is 0. The third-order valence-corrected chi connectivity index (χ3v) is 4.05. The predicted molar refractivity (Wildman–Crippen MR) is 70.3 cm³/mol. The van der Waals surface area contributed by atoms with Crippen molar-refractivity contribution < 1.29 is 14.6 Å². The number of carbonyl (C=O) groups excluding carboxylic acids is 1. The zero-order chi connectivity index (χ0) is 13.6. The molecule has 0 radical (unpaired) electrons. The summed E-state index contributed by atoms with van der Waals surface area (Å²) in [5.74, 6) is -0.108. The van der Waals surface area contributed by atoms with Gasteiger partial charge in [-0.1, -0.05) is 13.8 Å². The molecule has 0 atom stereocenters. The Kier molecular flexibility index (Phi) is 5.56. The Bertz CT molecular complexity index is 265. The molecular weight excluding hydrogens is 232 g/mol. The van der Waals surface area contributed by atoms with Gasteiger partial charge in [-0.2, -0.15) is 0 Å². The lowest BCUT2D eigenvalue weighted by Crippen LogP contribution is -2.59. The number of amides is 1. The van der Waals surface area contributed by atoms with E-state index >= 15 is 0 Å². The van der Waals surface area contributed by atoms with Gasteiger partial charge in [-0.15, -0.1) is 0 Å². The number of aliphatic hydroxyl groups is 1. The molecule has 106 valence electrons. The fourth-order valence-corrected chi connectivity index (χ4v) is 1.94. The highest BCUT2D eigenvalue weighted by molar-refractivity contribution is 5.77. The van der Waals surface area contributed by atoms with E-state index in [4.69, 9.17) is 4.74 Å². The van der Waals surface area contributed by atoms with Gasteiger partial charge >= 0.3 is 0 Å². The van der Waals surface area contributed by atoms with Crippen LogP contribution in [0.5, 0.6) is 0 Å². The average molecular weight is 258 g/mol. The molecule has 0 aliphatic carbocycles. The molecule has 0 aromatic rings. The van der Waals surface area contributed by atoms with Crippen LogP contribution in [-0.4, -0.2) is 49.5 Å². The average Bonchev–Trinajstić information content (AvgIpc) is 2.36. The first-order chi connectivity index (χ1) is 8.49. The first-order valence-electron chi connectivity index (χ1n) is 6.71. The van der Waals surface area contributed by atoms with Crippen molar-refractivity contribution in [1.82, 2.24) is 10.6 Å². The molecule has 1 rings (SSSR count). The number of rotatable bonds is 8.